The number of benzene rings is 2. The second-order valence-electron chi connectivity index (χ2n) is 20.7. The van der Waals surface area contributed by atoms with Crippen LogP contribution in [0.15, 0.2) is 36.4 Å². The molecule has 1 atom stereocenters. The van der Waals surface area contributed by atoms with Gasteiger partial charge >= 0.3 is 35.8 Å². The van der Waals surface area contributed by atoms with Crippen molar-refractivity contribution in [1.82, 2.24) is 51.1 Å². The molecule has 1 unspecified atom stereocenters. The summed E-state index contributed by atoms with van der Waals surface area (Å²) in [5, 5.41) is 69.3. The van der Waals surface area contributed by atoms with Gasteiger partial charge in [-0.3, -0.25) is 86.9 Å². The lowest BCUT2D eigenvalue weighted by Gasteiger charge is -2.33. The maximum Gasteiger partial charge on any atom is 0.317 e. The van der Waals surface area contributed by atoms with E-state index < -0.39 is 130 Å². The fourth-order valence-corrected chi connectivity index (χ4v) is 8.90. The van der Waals surface area contributed by atoms with Crippen molar-refractivity contribution in [3.05, 3.63) is 53.1 Å². The van der Waals surface area contributed by atoms with E-state index in [4.69, 9.17) is 9.47 Å². The van der Waals surface area contributed by atoms with Crippen LogP contribution in [0.2, 0.25) is 0 Å². The fraction of sp³-hybridized carbons (Fsp3) is 0.571. The lowest BCUT2D eigenvalue weighted by atomic mass is 9.94. The van der Waals surface area contributed by atoms with Crippen LogP contribution < -0.4 is 41.0 Å². The molecule has 0 aliphatic heterocycles. The van der Waals surface area contributed by atoms with Gasteiger partial charge in [-0.2, -0.15) is 0 Å². The lowest BCUT2D eigenvalue weighted by molar-refractivity contribution is -0.144. The van der Waals surface area contributed by atoms with Gasteiger partial charge in [-0.15, -0.1) is 0 Å². The molecule has 0 aromatic heterocycles. The van der Waals surface area contributed by atoms with Crippen LogP contribution in [-0.4, -0.2) is 272 Å². The monoisotopic (exact) mass is 1230 g/mol. The largest absolute Gasteiger partial charge is 0.496 e. The van der Waals surface area contributed by atoms with Crippen molar-refractivity contribution in [1.29, 1.82) is 0 Å². The van der Waals surface area contributed by atoms with E-state index in [1.807, 2.05) is 39.8 Å². The highest BCUT2D eigenvalue weighted by Gasteiger charge is 2.36. The summed E-state index contributed by atoms with van der Waals surface area (Å²) < 4.78 is 11.6. The molecule has 31 nitrogen and oxygen atoms in total. The van der Waals surface area contributed by atoms with E-state index >= 15 is 0 Å². The normalized spacial score (nSPS) is 11.6. The summed E-state index contributed by atoms with van der Waals surface area (Å²) >= 11 is 0. The summed E-state index contributed by atoms with van der Waals surface area (Å²) in [5.74, 6) is -11.1. The van der Waals surface area contributed by atoms with Crippen molar-refractivity contribution in [3.63, 3.8) is 0 Å². The van der Waals surface area contributed by atoms with E-state index in [0.29, 0.717) is 18.0 Å². The molecule has 0 aliphatic carbocycles. The number of amides is 6. The molecule has 0 spiro atoms. The maximum atomic E-state index is 14.8. The number of rotatable bonds is 45. The molecule has 2 aromatic rings. The molecule has 0 fully saturated rings. The first-order chi connectivity index (χ1) is 41.1. The zero-order valence-corrected chi connectivity index (χ0v) is 50.3. The first kappa shape index (κ1) is 74.6. The molecule has 0 heterocycles. The van der Waals surface area contributed by atoms with E-state index in [2.05, 4.69) is 26.6 Å². The van der Waals surface area contributed by atoms with E-state index in [1.54, 1.807) is 36.1 Å². The Bertz CT molecular complexity index is 2550. The van der Waals surface area contributed by atoms with Crippen LogP contribution in [0.1, 0.15) is 82.0 Å². The molecule has 2 rings (SSSR count). The third-order valence-corrected chi connectivity index (χ3v) is 13.1. The third-order valence-electron chi connectivity index (χ3n) is 13.1. The van der Waals surface area contributed by atoms with Crippen LogP contribution in [0.3, 0.4) is 0 Å². The van der Waals surface area contributed by atoms with Crippen LogP contribution in [0.4, 0.5) is 5.69 Å². The van der Waals surface area contributed by atoms with Crippen molar-refractivity contribution < 1.29 is 97.6 Å². The van der Waals surface area contributed by atoms with Crippen molar-refractivity contribution in [2.45, 2.75) is 65.3 Å². The Kier molecular flexibility index (Phi) is 33.6. The molecule has 484 valence electrons. The number of hydrogen-bond acceptors (Lipinski definition) is 19. The Balaban J connectivity index is 2.44. The lowest BCUT2D eigenvalue weighted by Crippen LogP contribution is -2.48. The number of nitrogens with one attached hydrogen (secondary N) is 5. The molecule has 31 heteroatoms. The third kappa shape index (κ3) is 29.4. The van der Waals surface area contributed by atoms with Gasteiger partial charge in [-0.05, 0) is 48.6 Å². The molecular formula is C56H85N11O20. The molecule has 6 amide bonds. The molecule has 11 N–H and O–H groups in total. The van der Waals surface area contributed by atoms with Crippen LogP contribution >= 0.6 is 0 Å². The van der Waals surface area contributed by atoms with Gasteiger partial charge in [0.1, 0.15) is 17.5 Å². The summed E-state index contributed by atoms with van der Waals surface area (Å²) in [6.45, 7) is 3.35. The van der Waals surface area contributed by atoms with Gasteiger partial charge in [0.25, 0.3) is 0 Å². The Morgan fingerprint density at radius 3 is 1.18 bits per heavy atom. The average molecular weight is 1230 g/mol. The van der Waals surface area contributed by atoms with Gasteiger partial charge in [0.05, 0.1) is 73.1 Å². The Hall–Kier alpha value is -8.52. The van der Waals surface area contributed by atoms with Gasteiger partial charge in [-0.1, -0.05) is 39.8 Å². The second kappa shape index (κ2) is 39.2. The highest BCUT2D eigenvalue weighted by Crippen LogP contribution is 2.40. The number of aliphatic carboxylic acids is 6. The van der Waals surface area contributed by atoms with Gasteiger partial charge in [0.2, 0.25) is 35.4 Å². The standard InChI is InChI=1S/C56H85N11O20/c1-8-57-44(68)13-14-48(72)67(39-11-9-38(10-12-39)36(2)3)55(41-26-42(86-6)40(37(4)5)25-43(41)87-7)56(85)61-27-45(69)58-15-18-62(19-16-59-46(70)28-63(30-49(73)74)21-23-65(32-51(77)78)33-52(79)80)20-17-60-47(71)29-64(31-50(75)76)22-24-66(34-53(81)82)35-54(83)84/h9-12,25-26,36-37,55H,8,13-24,27-35H2,1-7H3,(H,57,68)(H,58,69)(H,59,70)(H,60,71)(H,61,85)(H,73,74)(H,75,76)(H,77,78)(H,79,80)(H,81,82)(H,83,84). The van der Waals surface area contributed by atoms with E-state index in [1.165, 1.54) is 28.9 Å². The van der Waals surface area contributed by atoms with Crippen molar-refractivity contribution in [3.8, 4) is 11.5 Å². The molecule has 0 bridgehead atoms. The molecule has 2 aromatic carbocycles. The number of methoxy groups -OCH3 is 2. The zero-order valence-electron chi connectivity index (χ0n) is 50.3. The molecule has 0 saturated heterocycles. The van der Waals surface area contributed by atoms with Crippen molar-refractivity contribution >= 4 is 76.9 Å². The van der Waals surface area contributed by atoms with Gasteiger partial charge in [0, 0.05) is 102 Å². The minimum Gasteiger partial charge on any atom is -0.496 e. The van der Waals surface area contributed by atoms with Gasteiger partial charge in [0.15, 0.2) is 0 Å². The van der Waals surface area contributed by atoms with E-state index in [0.717, 1.165) is 20.9 Å². The summed E-state index contributed by atoms with van der Waals surface area (Å²) in [6.07, 6.45) is -0.510. The van der Waals surface area contributed by atoms with Crippen LogP contribution in [0.25, 0.3) is 0 Å². The summed E-state index contributed by atoms with van der Waals surface area (Å²) in [7, 11) is 2.86. The smallest absolute Gasteiger partial charge is 0.317 e. The first-order valence-corrected chi connectivity index (χ1v) is 28.0. The number of carboxylic acid groups (broad SMARTS) is 6. The van der Waals surface area contributed by atoms with Crippen molar-refractivity contribution in [2.75, 3.05) is 150 Å². The topological polar surface area (TPSA) is 424 Å². The average Bonchev–Trinajstić information content (AvgIpc) is 0.907. The summed E-state index contributed by atoms with van der Waals surface area (Å²) in [4.78, 5) is 158. The number of nitrogens with zero attached hydrogens (tertiary/aromatic N) is 6. The first-order valence-electron chi connectivity index (χ1n) is 28.0. The second-order valence-corrected chi connectivity index (χ2v) is 20.7. The minimum atomic E-state index is -1.50. The predicted octanol–water partition coefficient (Wildman–Crippen LogP) is -1.58. The number of ether oxygens (including phenoxy) is 2. The molecule has 0 aliphatic rings. The summed E-state index contributed by atoms with van der Waals surface area (Å²) in [5.41, 5.74) is 2.18. The number of carbonyl (C=O) groups is 12. The quantitative estimate of drug-likeness (QED) is 0.0357. The van der Waals surface area contributed by atoms with E-state index in [-0.39, 0.29) is 107 Å². The van der Waals surface area contributed by atoms with Gasteiger partial charge < -0.3 is 66.7 Å². The van der Waals surface area contributed by atoms with Crippen LogP contribution in [-0.2, 0) is 57.5 Å². The molecule has 0 saturated carbocycles. The maximum absolute atomic E-state index is 14.8. The Morgan fingerprint density at radius 2 is 0.816 bits per heavy atom. The highest BCUT2D eigenvalue weighted by atomic mass is 16.5. The fourth-order valence-electron chi connectivity index (χ4n) is 8.90. The summed E-state index contributed by atoms with van der Waals surface area (Å²) in [6, 6.07) is 8.78. The molecule has 87 heavy (non-hydrogen) atoms. The van der Waals surface area contributed by atoms with Crippen LogP contribution in [0.5, 0.6) is 11.5 Å². The van der Waals surface area contributed by atoms with E-state index in [9.17, 15) is 88.2 Å². The number of carbonyl (C=O) groups excluding carboxylic acids is 6. The number of carboxylic acids is 6. The van der Waals surface area contributed by atoms with Crippen LogP contribution in [0, 0.1) is 0 Å². The number of anilines is 1. The Morgan fingerprint density at radius 1 is 0.437 bits per heavy atom. The molecular weight excluding hydrogens is 1150 g/mol. The zero-order chi connectivity index (χ0) is 65.3. The highest BCUT2D eigenvalue weighted by molar-refractivity contribution is 6.03. The Labute approximate surface area is 504 Å². The predicted molar refractivity (Wildman–Crippen MR) is 312 cm³/mol. The minimum absolute atomic E-state index is 0.0375. The SMILES string of the molecule is CCNC(=O)CCC(=O)N(c1ccc(C(C)C)cc1)C(C(=O)NCC(=O)NCCN(CCNC(=O)CN(CCN(CC(=O)O)CC(=O)O)CC(=O)O)CCNC(=O)CN(CCN(CC(=O)O)CC(=O)O)CC(=O)O)c1cc(OC)c(C(C)C)cc1OC. The number of hydrogen-bond donors (Lipinski definition) is 11. The molecule has 0 radical (unpaired) electrons. The van der Waals surface area contributed by atoms with Gasteiger partial charge in [-0.25, -0.2) is 0 Å². The van der Waals surface area contributed by atoms with Crippen molar-refractivity contribution in [2.24, 2.45) is 0 Å².